The lowest BCUT2D eigenvalue weighted by Crippen LogP contribution is -2.15. The number of hydrogen-bond donors (Lipinski definition) is 1. The average Bonchev–Trinajstić information content (AvgIpc) is 2.59. The standard InChI is InChI=1S/C18H13Cl2FN2O2S/c1-11-2-5-14(21)9-17(11)26(24,25)23-18-7-3-12(10-22-18)15-8-13(19)4-6-16(15)20/h2-10H,1H3,(H,22,23). The summed E-state index contributed by atoms with van der Waals surface area (Å²) >= 11 is 12.1. The largest absolute Gasteiger partial charge is 0.263 e. The topological polar surface area (TPSA) is 59.1 Å². The molecule has 0 saturated carbocycles. The minimum absolute atomic E-state index is 0.107. The van der Waals surface area contributed by atoms with E-state index in [2.05, 4.69) is 9.71 Å². The molecule has 0 radical (unpaired) electrons. The third-order valence-corrected chi connectivity index (χ3v) is 5.74. The van der Waals surface area contributed by atoms with E-state index in [1.54, 1.807) is 31.2 Å². The Morgan fingerprint density at radius 1 is 1.04 bits per heavy atom. The monoisotopic (exact) mass is 410 g/mol. The number of pyridine rings is 1. The second-order valence-electron chi connectivity index (χ2n) is 5.57. The number of nitrogens with zero attached hydrogens (tertiary/aromatic N) is 1. The van der Waals surface area contributed by atoms with Crippen molar-refractivity contribution in [3.05, 3.63) is 76.2 Å². The Balaban J connectivity index is 1.90. The number of benzene rings is 2. The molecule has 0 spiro atoms. The molecule has 134 valence electrons. The van der Waals surface area contributed by atoms with Gasteiger partial charge >= 0.3 is 0 Å². The fraction of sp³-hybridized carbons (Fsp3) is 0.0556. The van der Waals surface area contributed by atoms with Gasteiger partial charge in [-0.2, -0.15) is 0 Å². The highest BCUT2D eigenvalue weighted by Gasteiger charge is 2.18. The van der Waals surface area contributed by atoms with E-state index in [9.17, 15) is 12.8 Å². The number of sulfonamides is 1. The summed E-state index contributed by atoms with van der Waals surface area (Å²) in [4.78, 5) is 3.97. The lowest BCUT2D eigenvalue weighted by atomic mass is 10.1. The molecule has 2 aromatic carbocycles. The second kappa shape index (κ2) is 7.23. The van der Waals surface area contributed by atoms with Crippen LogP contribution < -0.4 is 4.72 Å². The first kappa shape index (κ1) is 18.6. The SMILES string of the molecule is Cc1ccc(F)cc1S(=O)(=O)Nc1ccc(-c2cc(Cl)ccc2Cl)cn1. The number of nitrogens with one attached hydrogen (secondary N) is 1. The summed E-state index contributed by atoms with van der Waals surface area (Å²) in [6.07, 6.45) is 1.48. The van der Waals surface area contributed by atoms with E-state index in [4.69, 9.17) is 23.2 Å². The lowest BCUT2D eigenvalue weighted by molar-refractivity contribution is 0.594. The summed E-state index contributed by atoms with van der Waals surface area (Å²) in [5.74, 6) is -0.523. The van der Waals surface area contributed by atoms with E-state index < -0.39 is 15.8 Å². The van der Waals surface area contributed by atoms with Crippen LogP contribution in [0.2, 0.25) is 10.0 Å². The van der Waals surface area contributed by atoms with Gasteiger partial charge in [0.2, 0.25) is 0 Å². The molecule has 0 amide bonds. The third kappa shape index (κ3) is 3.98. The number of anilines is 1. The summed E-state index contributed by atoms with van der Waals surface area (Å²) in [5, 5.41) is 1.02. The Morgan fingerprint density at radius 3 is 2.50 bits per heavy atom. The Kier molecular flexibility index (Phi) is 5.18. The molecular formula is C18H13Cl2FN2O2S. The van der Waals surface area contributed by atoms with Crippen molar-refractivity contribution in [2.75, 3.05) is 4.72 Å². The molecule has 0 unspecified atom stereocenters. The third-order valence-electron chi connectivity index (χ3n) is 3.68. The lowest BCUT2D eigenvalue weighted by Gasteiger charge is -2.11. The van der Waals surface area contributed by atoms with Crippen LogP contribution in [0.4, 0.5) is 10.2 Å². The highest BCUT2D eigenvalue weighted by Crippen LogP contribution is 2.30. The quantitative estimate of drug-likeness (QED) is 0.634. The first-order valence-electron chi connectivity index (χ1n) is 7.47. The summed E-state index contributed by atoms with van der Waals surface area (Å²) < 4.78 is 40.7. The van der Waals surface area contributed by atoms with Crippen LogP contribution in [0.3, 0.4) is 0 Å². The molecule has 0 atom stereocenters. The van der Waals surface area contributed by atoms with E-state index in [0.29, 0.717) is 26.7 Å². The zero-order chi connectivity index (χ0) is 18.9. The minimum Gasteiger partial charge on any atom is -0.263 e. The van der Waals surface area contributed by atoms with Crippen LogP contribution in [-0.4, -0.2) is 13.4 Å². The highest BCUT2D eigenvalue weighted by molar-refractivity contribution is 7.92. The molecule has 8 heteroatoms. The maximum atomic E-state index is 13.4. The van der Waals surface area contributed by atoms with E-state index in [0.717, 1.165) is 6.07 Å². The van der Waals surface area contributed by atoms with Crippen molar-refractivity contribution in [3.63, 3.8) is 0 Å². The Labute approximate surface area is 160 Å². The van der Waals surface area contributed by atoms with E-state index >= 15 is 0 Å². The van der Waals surface area contributed by atoms with E-state index in [-0.39, 0.29) is 10.7 Å². The second-order valence-corrected chi connectivity index (χ2v) is 8.07. The molecule has 3 rings (SSSR count). The van der Waals surface area contributed by atoms with Crippen molar-refractivity contribution in [1.29, 1.82) is 0 Å². The van der Waals surface area contributed by atoms with Gasteiger partial charge in [-0.15, -0.1) is 0 Å². The van der Waals surface area contributed by atoms with Crippen LogP contribution in [-0.2, 0) is 10.0 Å². The molecule has 3 aromatic rings. The molecule has 0 fully saturated rings. The smallest absolute Gasteiger partial charge is 0.263 e. The Morgan fingerprint density at radius 2 is 1.81 bits per heavy atom. The van der Waals surface area contributed by atoms with Crippen molar-refractivity contribution in [1.82, 2.24) is 4.98 Å². The molecule has 0 aliphatic carbocycles. The van der Waals surface area contributed by atoms with Gasteiger partial charge in [0.1, 0.15) is 11.6 Å². The molecular weight excluding hydrogens is 398 g/mol. The molecule has 0 saturated heterocycles. The fourth-order valence-electron chi connectivity index (χ4n) is 2.39. The summed E-state index contributed by atoms with van der Waals surface area (Å²) in [5.41, 5.74) is 1.80. The normalized spacial score (nSPS) is 11.4. The van der Waals surface area contributed by atoms with Crippen molar-refractivity contribution < 1.29 is 12.8 Å². The van der Waals surface area contributed by atoms with Crippen molar-refractivity contribution in [2.24, 2.45) is 0 Å². The zero-order valence-electron chi connectivity index (χ0n) is 13.5. The number of halogens is 3. The number of rotatable bonds is 4. The van der Waals surface area contributed by atoms with Crippen LogP contribution in [0.1, 0.15) is 5.56 Å². The Bertz CT molecular complexity index is 1070. The van der Waals surface area contributed by atoms with E-state index in [1.165, 1.54) is 24.4 Å². The van der Waals surface area contributed by atoms with Gasteiger partial charge in [-0.05, 0) is 55.0 Å². The molecule has 0 aliphatic heterocycles. The number of aromatic nitrogens is 1. The Hall–Kier alpha value is -2.15. The molecule has 1 N–H and O–H groups in total. The highest BCUT2D eigenvalue weighted by atomic mass is 35.5. The van der Waals surface area contributed by atoms with Gasteiger partial charge in [-0.3, -0.25) is 4.72 Å². The van der Waals surface area contributed by atoms with E-state index in [1.807, 2.05) is 0 Å². The summed E-state index contributed by atoms with van der Waals surface area (Å²) in [6, 6.07) is 11.8. The van der Waals surface area contributed by atoms with Crippen LogP contribution in [0.5, 0.6) is 0 Å². The van der Waals surface area contributed by atoms with Crippen LogP contribution in [0.15, 0.2) is 59.6 Å². The van der Waals surface area contributed by atoms with Gasteiger partial charge in [0, 0.05) is 27.4 Å². The molecule has 4 nitrogen and oxygen atoms in total. The minimum atomic E-state index is -3.96. The van der Waals surface area contributed by atoms with Crippen LogP contribution in [0.25, 0.3) is 11.1 Å². The van der Waals surface area contributed by atoms with Gasteiger partial charge in [0.05, 0.1) is 4.90 Å². The average molecular weight is 411 g/mol. The maximum absolute atomic E-state index is 13.4. The first-order valence-corrected chi connectivity index (χ1v) is 9.70. The number of aryl methyl sites for hydroxylation is 1. The van der Waals surface area contributed by atoms with Crippen LogP contribution in [0, 0.1) is 12.7 Å². The first-order chi connectivity index (χ1) is 12.3. The summed E-state index contributed by atoms with van der Waals surface area (Å²) in [7, 11) is -3.96. The number of hydrogen-bond acceptors (Lipinski definition) is 3. The zero-order valence-corrected chi connectivity index (χ0v) is 15.8. The van der Waals surface area contributed by atoms with Gasteiger partial charge in [-0.1, -0.05) is 29.3 Å². The molecule has 26 heavy (non-hydrogen) atoms. The summed E-state index contributed by atoms with van der Waals surface area (Å²) in [6.45, 7) is 1.59. The molecule has 1 aromatic heterocycles. The predicted molar refractivity (Wildman–Crippen MR) is 102 cm³/mol. The van der Waals surface area contributed by atoms with Crippen molar-refractivity contribution >= 4 is 39.0 Å². The van der Waals surface area contributed by atoms with Gasteiger partial charge in [-0.25, -0.2) is 17.8 Å². The van der Waals surface area contributed by atoms with Gasteiger partial charge in [0.25, 0.3) is 10.0 Å². The molecule has 1 heterocycles. The van der Waals surface area contributed by atoms with Crippen molar-refractivity contribution in [3.8, 4) is 11.1 Å². The van der Waals surface area contributed by atoms with Crippen molar-refractivity contribution in [2.45, 2.75) is 11.8 Å². The fourth-order valence-corrected chi connectivity index (χ4v) is 4.05. The van der Waals surface area contributed by atoms with Crippen LogP contribution >= 0.6 is 23.2 Å². The van der Waals surface area contributed by atoms with Gasteiger partial charge in [0.15, 0.2) is 0 Å². The molecule has 0 bridgehead atoms. The maximum Gasteiger partial charge on any atom is 0.263 e. The molecule has 0 aliphatic rings. The predicted octanol–water partition coefficient (Wildman–Crippen LogP) is 5.30. The van der Waals surface area contributed by atoms with Gasteiger partial charge < -0.3 is 0 Å².